The van der Waals surface area contributed by atoms with Crippen LogP contribution in [0, 0.1) is 29.1 Å². The second-order valence-corrected chi connectivity index (χ2v) is 12.5. The summed E-state index contributed by atoms with van der Waals surface area (Å²) >= 11 is 0. The highest BCUT2D eigenvalue weighted by molar-refractivity contribution is 5.99. The highest BCUT2D eigenvalue weighted by Crippen LogP contribution is 2.65. The van der Waals surface area contributed by atoms with E-state index in [9.17, 15) is 24.0 Å². The number of nitrogens with zero attached hydrogens (tertiary/aromatic N) is 1. The van der Waals surface area contributed by atoms with Crippen LogP contribution < -0.4 is 16.0 Å². The first-order chi connectivity index (χ1) is 17.2. The van der Waals surface area contributed by atoms with Crippen molar-refractivity contribution in [3.63, 3.8) is 0 Å². The van der Waals surface area contributed by atoms with Crippen molar-refractivity contribution in [2.75, 3.05) is 13.1 Å². The molecule has 1 unspecified atom stereocenters. The van der Waals surface area contributed by atoms with Crippen LogP contribution in [0.3, 0.4) is 0 Å². The molecule has 0 radical (unpaired) electrons. The number of carbonyl (C=O) groups excluding carboxylic acids is 5. The molecule has 2 saturated heterocycles. The van der Waals surface area contributed by atoms with Crippen LogP contribution >= 0.6 is 0 Å². The number of amides is 4. The van der Waals surface area contributed by atoms with Crippen LogP contribution in [-0.4, -0.2) is 71.3 Å². The van der Waals surface area contributed by atoms with Crippen LogP contribution in [-0.2, 0) is 23.9 Å². The molecular formula is C27H40N4O6. The second-order valence-electron chi connectivity index (χ2n) is 12.5. The van der Waals surface area contributed by atoms with Crippen LogP contribution in [0.15, 0.2) is 12.7 Å². The van der Waals surface area contributed by atoms with Crippen molar-refractivity contribution in [1.29, 1.82) is 0 Å². The number of hydrogen-bond acceptors (Lipinski definition) is 6. The van der Waals surface area contributed by atoms with Gasteiger partial charge in [-0.2, -0.15) is 0 Å². The van der Waals surface area contributed by atoms with Gasteiger partial charge in [0, 0.05) is 19.0 Å². The SMILES string of the molecule is C=CC(=O)[C@H](C[C@@H]1CCNC1=O)NC(=O)[C@@H]1[C@@H]2[C@H](CN1C(=O)C(NC(=O)OC(C)(C)C)C1CC1)C2(C)C. The van der Waals surface area contributed by atoms with Crippen molar-refractivity contribution >= 4 is 29.6 Å². The highest BCUT2D eigenvalue weighted by atomic mass is 16.6. The van der Waals surface area contributed by atoms with Gasteiger partial charge in [0.05, 0.1) is 6.04 Å². The third-order valence-corrected chi connectivity index (χ3v) is 8.34. The van der Waals surface area contributed by atoms with E-state index in [0.29, 0.717) is 19.5 Å². The Labute approximate surface area is 218 Å². The monoisotopic (exact) mass is 516 g/mol. The maximum absolute atomic E-state index is 13.8. The van der Waals surface area contributed by atoms with E-state index in [-0.39, 0.29) is 53.1 Å². The molecular weight excluding hydrogens is 476 g/mol. The molecule has 0 spiro atoms. The van der Waals surface area contributed by atoms with Gasteiger partial charge in [0.1, 0.15) is 17.7 Å². The number of piperidine rings is 1. The first-order valence-electron chi connectivity index (χ1n) is 13.3. The van der Waals surface area contributed by atoms with Crippen LogP contribution in [0.25, 0.3) is 0 Å². The molecule has 4 rings (SSSR count). The van der Waals surface area contributed by atoms with Crippen molar-refractivity contribution in [2.45, 2.75) is 84.0 Å². The first kappa shape index (κ1) is 27.1. The minimum Gasteiger partial charge on any atom is -0.444 e. The van der Waals surface area contributed by atoms with Gasteiger partial charge < -0.3 is 25.6 Å². The van der Waals surface area contributed by atoms with Gasteiger partial charge in [0.15, 0.2) is 5.78 Å². The lowest BCUT2D eigenvalue weighted by molar-refractivity contribution is -0.143. The van der Waals surface area contributed by atoms with E-state index in [0.717, 1.165) is 18.9 Å². The smallest absolute Gasteiger partial charge is 0.408 e. The average Bonchev–Trinajstić information content (AvgIpc) is 3.60. The van der Waals surface area contributed by atoms with Crippen molar-refractivity contribution < 1.29 is 28.7 Å². The third-order valence-electron chi connectivity index (χ3n) is 8.34. The zero-order valence-corrected chi connectivity index (χ0v) is 22.5. The summed E-state index contributed by atoms with van der Waals surface area (Å²) in [5.74, 6) is -1.44. The molecule has 4 fully saturated rings. The largest absolute Gasteiger partial charge is 0.444 e. The molecule has 2 aliphatic carbocycles. The summed E-state index contributed by atoms with van der Waals surface area (Å²) in [5.41, 5.74) is -0.818. The quantitative estimate of drug-likeness (QED) is 0.398. The Kier molecular flexibility index (Phi) is 7.16. The van der Waals surface area contributed by atoms with E-state index in [4.69, 9.17) is 4.74 Å². The van der Waals surface area contributed by atoms with E-state index < -0.39 is 35.7 Å². The predicted molar refractivity (Wildman–Crippen MR) is 135 cm³/mol. The molecule has 2 aliphatic heterocycles. The summed E-state index contributed by atoms with van der Waals surface area (Å²) in [6.07, 6.45) is 2.91. The zero-order chi connectivity index (χ0) is 27.3. The van der Waals surface area contributed by atoms with Crippen molar-refractivity contribution in [1.82, 2.24) is 20.9 Å². The Bertz CT molecular complexity index is 997. The number of nitrogens with one attached hydrogen (secondary N) is 3. The molecule has 2 heterocycles. The number of carbonyl (C=O) groups is 5. The minimum absolute atomic E-state index is 0.00429. The molecule has 3 N–H and O–H groups in total. The van der Waals surface area contributed by atoms with E-state index >= 15 is 0 Å². The molecule has 10 nitrogen and oxygen atoms in total. The molecule has 4 amide bonds. The highest BCUT2D eigenvalue weighted by Gasteiger charge is 2.70. The number of alkyl carbamates (subject to hydrolysis) is 1. The zero-order valence-electron chi connectivity index (χ0n) is 22.5. The number of fused-ring (bicyclic) bond motifs is 1. The van der Waals surface area contributed by atoms with Crippen LogP contribution in [0.4, 0.5) is 4.79 Å². The molecule has 204 valence electrons. The average molecular weight is 517 g/mol. The Morgan fingerprint density at radius 3 is 2.41 bits per heavy atom. The molecule has 2 saturated carbocycles. The predicted octanol–water partition coefficient (Wildman–Crippen LogP) is 1.54. The number of ether oxygens (including phenoxy) is 1. The third kappa shape index (κ3) is 5.67. The normalized spacial score (nSPS) is 29.4. The number of hydrogen-bond donors (Lipinski definition) is 3. The fourth-order valence-corrected chi connectivity index (χ4v) is 6.04. The van der Waals surface area contributed by atoms with Gasteiger partial charge in [-0.3, -0.25) is 19.2 Å². The summed E-state index contributed by atoms with van der Waals surface area (Å²) in [6, 6.07) is -2.42. The van der Waals surface area contributed by atoms with Crippen molar-refractivity contribution in [2.24, 2.45) is 29.1 Å². The summed E-state index contributed by atoms with van der Waals surface area (Å²) < 4.78 is 5.38. The number of rotatable bonds is 9. The lowest BCUT2D eigenvalue weighted by atomic mass is 9.94. The van der Waals surface area contributed by atoms with Crippen molar-refractivity contribution in [3.05, 3.63) is 12.7 Å². The van der Waals surface area contributed by atoms with Gasteiger partial charge in [-0.25, -0.2) is 4.79 Å². The van der Waals surface area contributed by atoms with Gasteiger partial charge in [-0.15, -0.1) is 0 Å². The summed E-state index contributed by atoms with van der Waals surface area (Å²) in [5, 5.41) is 8.35. The molecule has 10 heteroatoms. The van der Waals surface area contributed by atoms with E-state index in [1.165, 1.54) is 0 Å². The second kappa shape index (κ2) is 9.76. The fourth-order valence-electron chi connectivity index (χ4n) is 6.04. The molecule has 0 aromatic heterocycles. The maximum Gasteiger partial charge on any atom is 0.408 e. The Morgan fingerprint density at radius 1 is 1.19 bits per heavy atom. The molecule has 4 aliphatic rings. The summed E-state index contributed by atoms with van der Waals surface area (Å²) in [6.45, 7) is 13.9. The van der Waals surface area contributed by atoms with Crippen LogP contribution in [0.2, 0.25) is 0 Å². The minimum atomic E-state index is -0.893. The number of ketones is 1. The Morgan fingerprint density at radius 2 is 1.86 bits per heavy atom. The number of likely N-dealkylation sites (tertiary alicyclic amines) is 1. The lowest BCUT2D eigenvalue weighted by Crippen LogP contribution is -2.58. The molecule has 0 aromatic rings. The Hall–Kier alpha value is -2.91. The first-order valence-corrected chi connectivity index (χ1v) is 13.3. The molecule has 0 aromatic carbocycles. The van der Waals surface area contributed by atoms with E-state index in [1.54, 1.807) is 25.7 Å². The van der Waals surface area contributed by atoms with Crippen LogP contribution in [0.1, 0.15) is 60.3 Å². The summed E-state index contributed by atoms with van der Waals surface area (Å²) in [4.78, 5) is 66.2. The summed E-state index contributed by atoms with van der Waals surface area (Å²) in [7, 11) is 0. The van der Waals surface area contributed by atoms with Gasteiger partial charge in [0.2, 0.25) is 17.7 Å². The van der Waals surface area contributed by atoms with Gasteiger partial charge in [-0.1, -0.05) is 20.4 Å². The van der Waals surface area contributed by atoms with Gasteiger partial charge in [-0.05, 0) is 75.7 Å². The van der Waals surface area contributed by atoms with E-state index in [2.05, 4.69) is 36.4 Å². The van der Waals surface area contributed by atoms with Gasteiger partial charge >= 0.3 is 6.09 Å². The topological polar surface area (TPSA) is 134 Å². The fraction of sp³-hybridized carbons (Fsp3) is 0.741. The van der Waals surface area contributed by atoms with Crippen molar-refractivity contribution in [3.8, 4) is 0 Å². The Balaban J connectivity index is 1.51. The lowest BCUT2D eigenvalue weighted by Gasteiger charge is -2.34. The standard InChI is InChI=1S/C27H40N4O6/c1-7-18(32)17(12-15-10-11-28-22(15)33)29-23(34)21-19-16(27(19,5)6)13-31(21)24(35)20(14-8-9-14)30-25(36)37-26(2,3)4/h7,14-17,19-21H,1,8-13H2,2-6H3,(H,28,33)(H,29,34)(H,30,36)/t15-,16-,17-,19-,20?,21-/m0/s1. The molecule has 0 bridgehead atoms. The molecule has 6 atom stereocenters. The molecule has 37 heavy (non-hydrogen) atoms. The maximum atomic E-state index is 13.8. The van der Waals surface area contributed by atoms with Gasteiger partial charge in [0.25, 0.3) is 0 Å². The van der Waals surface area contributed by atoms with E-state index in [1.807, 2.05) is 0 Å². The van der Waals surface area contributed by atoms with Crippen LogP contribution in [0.5, 0.6) is 0 Å².